The van der Waals surface area contributed by atoms with Crippen LogP contribution in [0.2, 0.25) is 10.0 Å². The summed E-state index contributed by atoms with van der Waals surface area (Å²) >= 11 is 16.6. The maximum absolute atomic E-state index is 13.9. The van der Waals surface area contributed by atoms with Gasteiger partial charge in [-0.3, -0.25) is 29.1 Å². The highest BCUT2D eigenvalue weighted by Gasteiger charge is 2.29. The van der Waals surface area contributed by atoms with Crippen LogP contribution in [0.3, 0.4) is 0 Å². The van der Waals surface area contributed by atoms with Crippen LogP contribution in [0.15, 0.2) is 170 Å². The summed E-state index contributed by atoms with van der Waals surface area (Å²) in [6.07, 6.45) is 3.77. The number of ketones is 3. The molecular formula is C89H88Cl2FN3O9S3. The Morgan fingerprint density at radius 2 is 0.757 bits per heavy atom. The number of ether oxygens (including phenoxy) is 3. The van der Waals surface area contributed by atoms with Gasteiger partial charge in [0.15, 0.2) is 0 Å². The maximum Gasteiger partial charge on any atom is 0.205 e. The average molecular weight is 1530 g/mol. The van der Waals surface area contributed by atoms with Gasteiger partial charge >= 0.3 is 0 Å². The van der Waals surface area contributed by atoms with Gasteiger partial charge < -0.3 is 29.5 Å². The van der Waals surface area contributed by atoms with E-state index in [2.05, 4.69) is 54.5 Å². The number of aromatic hydroxyl groups is 3. The molecule has 15 rings (SSSR count). The number of aryl methyl sites for hydroxylation is 5. The minimum atomic E-state index is -0.497. The molecule has 0 amide bonds. The summed E-state index contributed by atoms with van der Waals surface area (Å²) < 4.78 is 34.1. The molecule has 18 heteroatoms. The second-order valence-electron chi connectivity index (χ2n) is 29.0. The van der Waals surface area contributed by atoms with E-state index in [0.29, 0.717) is 45.0 Å². The van der Waals surface area contributed by atoms with Crippen LogP contribution in [0, 0.1) is 58.2 Å². The first-order valence-corrected chi connectivity index (χ1v) is 39.8. The van der Waals surface area contributed by atoms with Crippen molar-refractivity contribution in [2.24, 2.45) is 17.8 Å². The van der Waals surface area contributed by atoms with Crippen LogP contribution in [-0.2, 0) is 0 Å². The number of carbonyl (C=O) groups is 3. The van der Waals surface area contributed by atoms with E-state index in [1.54, 1.807) is 42.5 Å². The highest BCUT2D eigenvalue weighted by atomic mass is 35.5. The predicted molar refractivity (Wildman–Crippen MR) is 437 cm³/mol. The second-order valence-corrected chi connectivity index (χ2v) is 33.0. The van der Waals surface area contributed by atoms with Crippen LogP contribution in [0.4, 0.5) is 4.39 Å². The highest BCUT2D eigenvalue weighted by Crippen LogP contribution is 2.46. The number of likely N-dealkylation sites (tertiary alicyclic amines) is 3. The highest BCUT2D eigenvalue weighted by molar-refractivity contribution is 7.22. The molecule has 0 radical (unpaired) electrons. The van der Waals surface area contributed by atoms with E-state index in [1.165, 1.54) is 65.4 Å². The lowest BCUT2D eigenvalue weighted by Gasteiger charge is -2.16. The van der Waals surface area contributed by atoms with Gasteiger partial charge in [0.25, 0.3) is 0 Å². The smallest absolute Gasteiger partial charge is 0.205 e. The monoisotopic (exact) mass is 1530 g/mol. The summed E-state index contributed by atoms with van der Waals surface area (Å²) in [5.41, 5.74) is 11.8. The summed E-state index contributed by atoms with van der Waals surface area (Å²) in [6, 6.07) is 50.9. The summed E-state index contributed by atoms with van der Waals surface area (Å²) in [5.74, 6) is 4.44. The number of fused-ring (bicyclic) bond motifs is 3. The number of benzene rings is 9. The first kappa shape index (κ1) is 76.3. The standard InChI is InChI=1S/C31H33NO3S.C30H30ClNO3S.C28H25ClFNO3S/c1-19-11-12-32(18-19)13-14-35-25-8-5-23(6-9-25)29-26-10-7-24(33)17-27(26)36-31(29)30(34)28-21(3)15-20(2)16-22(28)4;1-18-10-11-32(17-18)12-13-35-24-7-4-21(5-8-24)28-25-9-6-23(33)16-26(25)36-30(28)29(34)27-19(2)14-22(31)15-20(27)3;1-17-10-11-31(16-17)12-13-34-21-6-2-18(3-7-21)26-23-9-5-20(32)15-25(23)35-28(26)27(33)22-8-4-19(30)14-24(22)29/h5-10,15-17,19,33H,11-14,18H2,1-4H3;4-9,14-16,18,33H,10-13,17H2,1-3H3;2-9,14-15,17,32H,10-13,16H2,1H3. The Balaban J connectivity index is 0.000000142. The number of hydrogen-bond donors (Lipinski definition) is 3. The van der Waals surface area contributed by atoms with Crippen molar-refractivity contribution in [2.45, 2.75) is 74.7 Å². The van der Waals surface area contributed by atoms with E-state index in [0.717, 1.165) is 197 Å². The number of phenols is 3. The normalized spacial score (nSPS) is 16.1. The van der Waals surface area contributed by atoms with Crippen molar-refractivity contribution in [3.05, 3.63) is 245 Å². The summed E-state index contributed by atoms with van der Waals surface area (Å²) in [7, 11) is 0. The molecule has 0 saturated carbocycles. The average Bonchev–Trinajstić information content (AvgIpc) is 1.63. The Morgan fingerprint density at radius 3 is 1.07 bits per heavy atom. The first-order chi connectivity index (χ1) is 51.5. The molecule has 0 aliphatic carbocycles. The van der Waals surface area contributed by atoms with E-state index >= 15 is 0 Å². The molecule has 3 saturated heterocycles. The third kappa shape index (κ3) is 17.8. The summed E-state index contributed by atoms with van der Waals surface area (Å²) in [4.78, 5) is 50.5. The number of nitrogens with zero attached hydrogens (tertiary/aromatic N) is 3. The number of rotatable bonds is 21. The van der Waals surface area contributed by atoms with Crippen LogP contribution in [-0.4, -0.2) is 126 Å². The third-order valence-electron chi connectivity index (χ3n) is 20.4. The van der Waals surface area contributed by atoms with Crippen molar-refractivity contribution in [2.75, 3.05) is 78.7 Å². The fourth-order valence-electron chi connectivity index (χ4n) is 15.1. The molecule has 6 heterocycles. The van der Waals surface area contributed by atoms with Crippen molar-refractivity contribution in [3.8, 4) is 67.9 Å². The number of carbonyl (C=O) groups excluding carboxylic acids is 3. The molecule has 107 heavy (non-hydrogen) atoms. The van der Waals surface area contributed by atoms with Gasteiger partial charge in [-0.2, -0.15) is 0 Å². The Hall–Kier alpha value is -8.94. The lowest BCUT2D eigenvalue weighted by Crippen LogP contribution is -2.25. The van der Waals surface area contributed by atoms with Crippen LogP contribution >= 0.6 is 57.2 Å². The van der Waals surface area contributed by atoms with E-state index < -0.39 is 5.82 Å². The zero-order chi connectivity index (χ0) is 75.3. The Morgan fingerprint density at radius 1 is 0.430 bits per heavy atom. The van der Waals surface area contributed by atoms with Crippen molar-refractivity contribution < 1.29 is 48.3 Å². The van der Waals surface area contributed by atoms with Gasteiger partial charge in [0.2, 0.25) is 17.3 Å². The second kappa shape index (κ2) is 33.7. The molecule has 3 N–H and O–H groups in total. The molecule has 0 spiro atoms. The minimum absolute atomic E-state index is 0.0286. The molecule has 0 bridgehead atoms. The van der Waals surface area contributed by atoms with Crippen LogP contribution in [0.25, 0.3) is 63.6 Å². The largest absolute Gasteiger partial charge is 0.508 e. The minimum Gasteiger partial charge on any atom is -0.508 e. The summed E-state index contributed by atoms with van der Waals surface area (Å²) in [6.45, 7) is 28.3. The van der Waals surface area contributed by atoms with Crippen LogP contribution in [0.5, 0.6) is 34.5 Å². The van der Waals surface area contributed by atoms with Gasteiger partial charge in [-0.25, -0.2) is 4.39 Å². The lowest BCUT2D eigenvalue weighted by molar-refractivity contribution is 0.103. The van der Waals surface area contributed by atoms with E-state index in [4.69, 9.17) is 37.4 Å². The van der Waals surface area contributed by atoms with Gasteiger partial charge in [0.05, 0.1) is 19.7 Å². The number of hydrogen-bond acceptors (Lipinski definition) is 15. The van der Waals surface area contributed by atoms with Crippen molar-refractivity contribution in [3.63, 3.8) is 0 Å². The van der Waals surface area contributed by atoms with Crippen LogP contribution < -0.4 is 14.2 Å². The Bertz CT molecular complexity index is 5000. The number of thiophene rings is 3. The topological polar surface area (TPSA) is 149 Å². The van der Waals surface area contributed by atoms with E-state index in [1.807, 2.05) is 125 Å². The molecule has 3 fully saturated rings. The summed E-state index contributed by atoms with van der Waals surface area (Å²) in [5, 5.41) is 33.6. The van der Waals surface area contributed by atoms with Gasteiger partial charge in [0, 0.05) is 108 Å². The SMILES string of the molecule is CC1CCN(CCOc2ccc(-c3c(C(=O)c4ccc(F)cc4Cl)sc4cc(O)ccc34)cc2)C1.Cc1cc(C)c(C(=O)c2sc3cc(O)ccc3c2-c2ccc(OCCN3CCC(C)C3)cc2)c(C)c1.Cc1cc(Cl)cc(C)c1C(=O)c1sc2cc(O)ccc2c1-c1ccc(OCCN2CCC(C)C2)cc1. The van der Waals surface area contributed by atoms with E-state index in [-0.39, 0.29) is 45.2 Å². The maximum atomic E-state index is 13.9. The quantitative estimate of drug-likeness (QED) is 0.0588. The van der Waals surface area contributed by atoms with Crippen molar-refractivity contribution in [1.82, 2.24) is 14.7 Å². The zero-order valence-corrected chi connectivity index (χ0v) is 65.5. The predicted octanol–water partition coefficient (Wildman–Crippen LogP) is 21.7. The number of halogens is 3. The third-order valence-corrected chi connectivity index (χ3v) is 24.4. The zero-order valence-electron chi connectivity index (χ0n) is 61.5. The van der Waals surface area contributed by atoms with Crippen LogP contribution in [0.1, 0.15) is 114 Å². The van der Waals surface area contributed by atoms with Gasteiger partial charge in [-0.05, 0) is 252 Å². The van der Waals surface area contributed by atoms with Gasteiger partial charge in [-0.1, -0.05) is 98.1 Å². The molecule has 3 aromatic heterocycles. The molecule has 552 valence electrons. The molecule has 3 aliphatic rings. The molecule has 12 aromatic rings. The fraction of sp³-hybridized carbons (Fsp3) is 0.292. The molecule has 9 aromatic carbocycles. The molecular weight excluding hydrogens is 1440 g/mol. The lowest BCUT2D eigenvalue weighted by atomic mass is 9.92. The van der Waals surface area contributed by atoms with Crippen molar-refractivity contribution in [1.29, 1.82) is 0 Å². The molecule has 12 nitrogen and oxygen atoms in total. The molecule has 3 unspecified atom stereocenters. The molecule has 3 atom stereocenters. The Kier molecular flexibility index (Phi) is 24.0. The molecule has 3 aliphatic heterocycles. The Labute approximate surface area is 647 Å². The van der Waals surface area contributed by atoms with Gasteiger partial charge in [0.1, 0.15) is 60.1 Å². The fourth-order valence-corrected chi connectivity index (χ4v) is 19.3. The number of phenolic OH excluding ortho intramolecular Hbond substituents is 3. The van der Waals surface area contributed by atoms with Gasteiger partial charge in [-0.15, -0.1) is 34.0 Å². The van der Waals surface area contributed by atoms with Crippen molar-refractivity contribution >= 4 is 105 Å². The first-order valence-electron chi connectivity index (χ1n) is 36.6. The van der Waals surface area contributed by atoms with E-state index in [9.17, 15) is 34.1 Å².